The van der Waals surface area contributed by atoms with Crippen LogP contribution in [0, 0.1) is 46.3 Å². The standard InChI is InChI=1S/C22H38O/c1-7-16-19-18(11-13-21(16,5)14(2)3)22(6)12-9-8-10-17(22)15(4)20(19)23/h14-19H,7-13H2,1-6H3. The number of hydrogen-bond acceptors (Lipinski definition) is 1. The highest BCUT2D eigenvalue weighted by molar-refractivity contribution is 5.85. The van der Waals surface area contributed by atoms with Crippen molar-refractivity contribution in [2.75, 3.05) is 0 Å². The topological polar surface area (TPSA) is 17.1 Å². The molecule has 23 heavy (non-hydrogen) atoms. The summed E-state index contributed by atoms with van der Waals surface area (Å²) in [6, 6.07) is 0. The number of fused-ring (bicyclic) bond motifs is 3. The van der Waals surface area contributed by atoms with Crippen molar-refractivity contribution in [3.05, 3.63) is 0 Å². The summed E-state index contributed by atoms with van der Waals surface area (Å²) in [6.45, 7) is 14.4. The first-order chi connectivity index (χ1) is 10.8. The average Bonchev–Trinajstić information content (AvgIpc) is 2.52. The SMILES string of the molecule is CCC1C2C(=O)C(C)C3CCCCC3(C)C2CCC1(C)C(C)C. The van der Waals surface area contributed by atoms with E-state index in [0.717, 1.165) is 0 Å². The van der Waals surface area contributed by atoms with E-state index >= 15 is 0 Å². The van der Waals surface area contributed by atoms with Crippen molar-refractivity contribution in [2.45, 2.75) is 86.5 Å². The lowest BCUT2D eigenvalue weighted by molar-refractivity contribution is -0.169. The molecule has 0 radical (unpaired) electrons. The molecule has 132 valence electrons. The van der Waals surface area contributed by atoms with E-state index in [0.29, 0.717) is 52.1 Å². The van der Waals surface area contributed by atoms with Gasteiger partial charge in [-0.15, -0.1) is 0 Å². The van der Waals surface area contributed by atoms with Gasteiger partial charge in [0, 0.05) is 11.8 Å². The van der Waals surface area contributed by atoms with Gasteiger partial charge in [0.05, 0.1) is 0 Å². The molecule has 0 aromatic heterocycles. The lowest BCUT2D eigenvalue weighted by Crippen LogP contribution is -2.60. The Kier molecular flexibility index (Phi) is 4.47. The molecule has 3 fully saturated rings. The van der Waals surface area contributed by atoms with E-state index < -0.39 is 0 Å². The fraction of sp³-hybridized carbons (Fsp3) is 0.955. The summed E-state index contributed by atoms with van der Waals surface area (Å²) in [7, 11) is 0. The number of carbonyl (C=O) groups is 1. The van der Waals surface area contributed by atoms with Gasteiger partial charge in [-0.2, -0.15) is 0 Å². The van der Waals surface area contributed by atoms with Gasteiger partial charge in [-0.05, 0) is 60.2 Å². The Bertz CT molecular complexity index is 467. The highest BCUT2D eigenvalue weighted by Gasteiger charge is 2.61. The summed E-state index contributed by atoms with van der Waals surface area (Å²) in [4.78, 5) is 13.4. The summed E-state index contributed by atoms with van der Waals surface area (Å²) in [5, 5.41) is 0. The van der Waals surface area contributed by atoms with Crippen LogP contribution in [0.4, 0.5) is 0 Å². The summed E-state index contributed by atoms with van der Waals surface area (Å²) >= 11 is 0. The van der Waals surface area contributed by atoms with E-state index in [1.165, 1.54) is 44.9 Å². The van der Waals surface area contributed by atoms with Crippen LogP contribution in [-0.4, -0.2) is 5.78 Å². The lowest BCUT2D eigenvalue weighted by Gasteiger charge is -2.62. The largest absolute Gasteiger partial charge is 0.299 e. The zero-order chi connectivity index (χ0) is 17.0. The highest BCUT2D eigenvalue weighted by atomic mass is 16.1. The van der Waals surface area contributed by atoms with Crippen LogP contribution in [-0.2, 0) is 4.79 Å². The van der Waals surface area contributed by atoms with Crippen molar-refractivity contribution in [1.82, 2.24) is 0 Å². The molecule has 0 spiro atoms. The molecule has 0 aromatic carbocycles. The molecule has 1 nitrogen and oxygen atoms in total. The second-order valence-corrected chi connectivity index (χ2v) is 9.90. The van der Waals surface area contributed by atoms with Crippen LogP contribution in [0.5, 0.6) is 0 Å². The van der Waals surface area contributed by atoms with Crippen LogP contribution in [0.1, 0.15) is 86.5 Å². The van der Waals surface area contributed by atoms with Gasteiger partial charge in [0.1, 0.15) is 5.78 Å². The van der Waals surface area contributed by atoms with Crippen LogP contribution < -0.4 is 0 Å². The first-order valence-electron chi connectivity index (χ1n) is 10.3. The third-order valence-electron chi connectivity index (χ3n) is 9.02. The van der Waals surface area contributed by atoms with Gasteiger partial charge >= 0.3 is 0 Å². The number of carbonyl (C=O) groups excluding carboxylic acids is 1. The Labute approximate surface area is 144 Å². The molecule has 7 unspecified atom stereocenters. The minimum absolute atomic E-state index is 0.296. The number of hydrogen-bond donors (Lipinski definition) is 0. The third kappa shape index (κ3) is 2.35. The van der Waals surface area contributed by atoms with E-state index in [-0.39, 0.29) is 0 Å². The normalized spacial score (nSPS) is 50.6. The van der Waals surface area contributed by atoms with E-state index in [2.05, 4.69) is 41.5 Å². The fourth-order valence-electron chi connectivity index (χ4n) is 7.26. The monoisotopic (exact) mass is 318 g/mol. The van der Waals surface area contributed by atoms with Gasteiger partial charge in [-0.25, -0.2) is 0 Å². The van der Waals surface area contributed by atoms with Crippen LogP contribution in [0.15, 0.2) is 0 Å². The minimum Gasteiger partial charge on any atom is -0.299 e. The number of rotatable bonds is 2. The molecule has 0 bridgehead atoms. The molecular formula is C22H38O. The first kappa shape index (κ1) is 17.5. The van der Waals surface area contributed by atoms with Gasteiger partial charge in [-0.3, -0.25) is 4.79 Å². The maximum Gasteiger partial charge on any atom is 0.139 e. The Balaban J connectivity index is 2.02. The molecule has 7 atom stereocenters. The molecule has 3 saturated carbocycles. The van der Waals surface area contributed by atoms with Gasteiger partial charge in [0.25, 0.3) is 0 Å². The predicted molar refractivity (Wildman–Crippen MR) is 97.2 cm³/mol. The van der Waals surface area contributed by atoms with Crippen molar-refractivity contribution in [2.24, 2.45) is 46.3 Å². The lowest BCUT2D eigenvalue weighted by atomic mass is 9.41. The van der Waals surface area contributed by atoms with E-state index in [4.69, 9.17) is 0 Å². The molecule has 0 aliphatic heterocycles. The highest BCUT2D eigenvalue weighted by Crippen LogP contribution is 2.64. The van der Waals surface area contributed by atoms with Crippen LogP contribution in [0.25, 0.3) is 0 Å². The molecule has 0 amide bonds. The van der Waals surface area contributed by atoms with Crippen molar-refractivity contribution in [3.8, 4) is 0 Å². The predicted octanol–water partition coefficient (Wildman–Crippen LogP) is 6.12. The summed E-state index contributed by atoms with van der Waals surface area (Å²) < 4.78 is 0. The Hall–Kier alpha value is -0.330. The zero-order valence-electron chi connectivity index (χ0n) is 16.3. The molecule has 0 N–H and O–H groups in total. The third-order valence-corrected chi connectivity index (χ3v) is 9.02. The smallest absolute Gasteiger partial charge is 0.139 e. The maximum absolute atomic E-state index is 13.4. The van der Waals surface area contributed by atoms with Crippen molar-refractivity contribution in [1.29, 1.82) is 0 Å². The minimum atomic E-state index is 0.296. The quantitative estimate of drug-likeness (QED) is 0.599. The van der Waals surface area contributed by atoms with Gasteiger partial charge in [0.2, 0.25) is 0 Å². The Morgan fingerprint density at radius 2 is 1.78 bits per heavy atom. The van der Waals surface area contributed by atoms with Crippen molar-refractivity contribution in [3.63, 3.8) is 0 Å². The summed E-state index contributed by atoms with van der Waals surface area (Å²) in [6.07, 6.45) is 9.19. The summed E-state index contributed by atoms with van der Waals surface area (Å²) in [5.74, 6) is 3.86. The van der Waals surface area contributed by atoms with Crippen LogP contribution in [0.2, 0.25) is 0 Å². The number of ketones is 1. The molecule has 3 aliphatic rings. The number of Topliss-reactive ketones (excluding diaryl/α,β-unsaturated/α-hetero) is 1. The second-order valence-electron chi connectivity index (χ2n) is 9.90. The molecule has 0 saturated heterocycles. The Morgan fingerprint density at radius 1 is 1.09 bits per heavy atom. The average molecular weight is 319 g/mol. The maximum atomic E-state index is 13.4. The Morgan fingerprint density at radius 3 is 2.39 bits per heavy atom. The molecule has 3 aliphatic carbocycles. The molecule has 0 heterocycles. The van der Waals surface area contributed by atoms with E-state index in [9.17, 15) is 4.79 Å². The van der Waals surface area contributed by atoms with E-state index in [1.807, 2.05) is 0 Å². The molecular weight excluding hydrogens is 280 g/mol. The van der Waals surface area contributed by atoms with Gasteiger partial charge < -0.3 is 0 Å². The van der Waals surface area contributed by atoms with Gasteiger partial charge in [-0.1, -0.05) is 60.8 Å². The second kappa shape index (κ2) is 5.88. The van der Waals surface area contributed by atoms with Crippen molar-refractivity contribution >= 4 is 5.78 Å². The molecule has 3 rings (SSSR count). The van der Waals surface area contributed by atoms with Crippen molar-refractivity contribution < 1.29 is 4.79 Å². The zero-order valence-corrected chi connectivity index (χ0v) is 16.3. The van der Waals surface area contributed by atoms with E-state index in [1.54, 1.807) is 0 Å². The van der Waals surface area contributed by atoms with Crippen LogP contribution in [0.3, 0.4) is 0 Å². The van der Waals surface area contributed by atoms with Crippen LogP contribution >= 0.6 is 0 Å². The fourth-order valence-corrected chi connectivity index (χ4v) is 7.26. The first-order valence-corrected chi connectivity index (χ1v) is 10.3. The molecule has 0 aromatic rings. The summed E-state index contributed by atoms with van der Waals surface area (Å²) in [5.41, 5.74) is 0.783. The molecule has 1 heteroatoms. The van der Waals surface area contributed by atoms with Gasteiger partial charge in [0.15, 0.2) is 0 Å².